The molecular formula is C29H34F2. The molecule has 4 rings (SSSR count). The van der Waals surface area contributed by atoms with Crippen LogP contribution in [0.2, 0.25) is 0 Å². The first kappa shape index (κ1) is 22.0. The third kappa shape index (κ3) is 5.00. The molecule has 2 fully saturated rings. The zero-order valence-electron chi connectivity index (χ0n) is 18.6. The van der Waals surface area contributed by atoms with Crippen LogP contribution in [0.25, 0.3) is 11.1 Å². The third-order valence-electron chi connectivity index (χ3n) is 7.61. The normalized spacial score (nSPS) is 26.0. The van der Waals surface area contributed by atoms with Crippen molar-refractivity contribution < 1.29 is 8.78 Å². The van der Waals surface area contributed by atoms with Gasteiger partial charge in [0.2, 0.25) is 0 Å². The van der Waals surface area contributed by atoms with Crippen LogP contribution in [-0.4, -0.2) is 0 Å². The predicted octanol–water partition coefficient (Wildman–Crippen LogP) is 8.63. The summed E-state index contributed by atoms with van der Waals surface area (Å²) >= 11 is 0. The van der Waals surface area contributed by atoms with Crippen LogP contribution < -0.4 is 0 Å². The van der Waals surface area contributed by atoms with Gasteiger partial charge < -0.3 is 0 Å². The van der Waals surface area contributed by atoms with Gasteiger partial charge in [-0.2, -0.15) is 0 Å². The molecule has 0 amide bonds. The molecule has 2 aromatic carbocycles. The topological polar surface area (TPSA) is 0 Å². The molecular weight excluding hydrogens is 386 g/mol. The fourth-order valence-electron chi connectivity index (χ4n) is 5.81. The smallest absolute Gasteiger partial charge is 0.131 e. The largest absolute Gasteiger partial charge is 0.207 e. The lowest BCUT2D eigenvalue weighted by Gasteiger charge is -2.41. The van der Waals surface area contributed by atoms with E-state index >= 15 is 4.39 Å². The van der Waals surface area contributed by atoms with Gasteiger partial charge in [0.15, 0.2) is 0 Å². The molecule has 4 atom stereocenters. The van der Waals surface area contributed by atoms with Crippen molar-refractivity contribution in [3.63, 3.8) is 0 Å². The Hall–Kier alpha value is -2.22. The molecule has 31 heavy (non-hydrogen) atoms. The number of hydrogen-bond donors (Lipinski definition) is 0. The summed E-state index contributed by atoms with van der Waals surface area (Å²) in [6.45, 7) is 5.96. The number of rotatable bonds is 6. The van der Waals surface area contributed by atoms with E-state index < -0.39 is 0 Å². The van der Waals surface area contributed by atoms with Crippen LogP contribution >= 0.6 is 0 Å². The quantitative estimate of drug-likeness (QED) is 0.410. The van der Waals surface area contributed by atoms with Gasteiger partial charge in [-0.1, -0.05) is 42.5 Å². The van der Waals surface area contributed by atoms with E-state index in [2.05, 4.69) is 18.7 Å². The first-order chi connectivity index (χ1) is 15.1. The molecule has 0 radical (unpaired) electrons. The number of benzene rings is 2. The van der Waals surface area contributed by atoms with E-state index in [9.17, 15) is 4.39 Å². The molecule has 2 saturated carbocycles. The van der Waals surface area contributed by atoms with Gasteiger partial charge in [-0.25, -0.2) is 8.78 Å². The maximum atomic E-state index is 15.1. The van der Waals surface area contributed by atoms with Crippen LogP contribution in [0.1, 0.15) is 68.9 Å². The highest BCUT2D eigenvalue weighted by Gasteiger charge is 2.36. The van der Waals surface area contributed by atoms with E-state index in [0.717, 1.165) is 42.7 Å². The van der Waals surface area contributed by atoms with Crippen LogP contribution in [0, 0.1) is 29.4 Å². The maximum absolute atomic E-state index is 15.1. The summed E-state index contributed by atoms with van der Waals surface area (Å²) in [5.41, 5.74) is 2.89. The Balaban J connectivity index is 1.47. The lowest BCUT2D eigenvalue weighted by atomic mass is 9.64. The number of fused-ring (bicyclic) bond motifs is 1. The van der Waals surface area contributed by atoms with Gasteiger partial charge >= 0.3 is 0 Å². The summed E-state index contributed by atoms with van der Waals surface area (Å²) in [6.07, 6.45) is 15.0. The van der Waals surface area contributed by atoms with Gasteiger partial charge in [-0.3, -0.25) is 0 Å². The Kier molecular flexibility index (Phi) is 7.05. The average Bonchev–Trinajstić information content (AvgIpc) is 2.78. The second-order valence-corrected chi connectivity index (χ2v) is 9.50. The third-order valence-corrected chi connectivity index (χ3v) is 7.61. The molecule has 2 aromatic rings. The minimum Gasteiger partial charge on any atom is -0.207 e. The summed E-state index contributed by atoms with van der Waals surface area (Å²) in [4.78, 5) is 0. The van der Waals surface area contributed by atoms with Crippen molar-refractivity contribution in [1.29, 1.82) is 0 Å². The Morgan fingerprint density at radius 2 is 1.74 bits per heavy atom. The van der Waals surface area contributed by atoms with Gasteiger partial charge in [0.05, 0.1) is 0 Å². The van der Waals surface area contributed by atoms with Crippen LogP contribution in [0.3, 0.4) is 0 Å². The summed E-state index contributed by atoms with van der Waals surface area (Å²) in [5, 5.41) is 0. The van der Waals surface area contributed by atoms with E-state index in [0.29, 0.717) is 23.0 Å². The Bertz CT molecular complexity index is 942. The van der Waals surface area contributed by atoms with Crippen molar-refractivity contribution in [3.05, 3.63) is 84.0 Å². The standard InChI is InChI=1S/C29H34F2/c1-3-5-6-7-21-9-14-26(28(30)17-21)25-13-15-27(29(31)19-25)24-12-11-22-16-20(4-2)8-10-23(22)18-24/h3-5,9,13-15,17,19-20,22-24H,2,6-8,10-12,16,18H2,1H3/b5-3+. The van der Waals surface area contributed by atoms with E-state index in [4.69, 9.17) is 0 Å². The van der Waals surface area contributed by atoms with Gasteiger partial charge in [0, 0.05) is 5.56 Å². The van der Waals surface area contributed by atoms with Crippen LogP contribution in [0.4, 0.5) is 8.78 Å². The molecule has 2 aliphatic carbocycles. The van der Waals surface area contributed by atoms with Gasteiger partial charge in [-0.05, 0) is 111 Å². The molecule has 0 spiro atoms. The molecule has 2 aliphatic rings. The number of aryl methyl sites for hydroxylation is 1. The maximum Gasteiger partial charge on any atom is 0.131 e. The van der Waals surface area contributed by atoms with Crippen molar-refractivity contribution in [1.82, 2.24) is 0 Å². The van der Waals surface area contributed by atoms with E-state index in [1.54, 1.807) is 12.1 Å². The second-order valence-electron chi connectivity index (χ2n) is 9.50. The zero-order chi connectivity index (χ0) is 21.8. The summed E-state index contributed by atoms with van der Waals surface area (Å²) in [6, 6.07) is 10.7. The Morgan fingerprint density at radius 1 is 0.935 bits per heavy atom. The molecule has 0 saturated heterocycles. The molecule has 0 aromatic heterocycles. The molecule has 0 nitrogen and oxygen atoms in total. The molecule has 4 unspecified atom stereocenters. The van der Waals surface area contributed by atoms with Crippen molar-refractivity contribution in [2.24, 2.45) is 17.8 Å². The highest BCUT2D eigenvalue weighted by Crippen LogP contribution is 2.48. The van der Waals surface area contributed by atoms with Crippen molar-refractivity contribution >= 4 is 0 Å². The SMILES string of the molecule is C=CC1CCC2CC(c3ccc(-c4ccc(CC/C=C/C)cc4F)cc3F)CCC2C1. The second kappa shape index (κ2) is 9.94. The molecule has 0 bridgehead atoms. The Morgan fingerprint density at radius 3 is 2.48 bits per heavy atom. The molecule has 164 valence electrons. The van der Waals surface area contributed by atoms with E-state index in [1.807, 2.05) is 31.2 Å². The van der Waals surface area contributed by atoms with Crippen LogP contribution in [0.5, 0.6) is 0 Å². The minimum absolute atomic E-state index is 0.183. The molecule has 0 N–H and O–H groups in total. The predicted molar refractivity (Wildman–Crippen MR) is 126 cm³/mol. The summed E-state index contributed by atoms with van der Waals surface area (Å²) in [7, 11) is 0. The fourth-order valence-corrected chi connectivity index (χ4v) is 5.81. The zero-order valence-corrected chi connectivity index (χ0v) is 18.6. The minimum atomic E-state index is -0.274. The molecule has 0 aliphatic heterocycles. The highest BCUT2D eigenvalue weighted by molar-refractivity contribution is 5.65. The number of hydrogen-bond acceptors (Lipinski definition) is 0. The average molecular weight is 421 g/mol. The number of allylic oxidation sites excluding steroid dienone is 3. The van der Waals surface area contributed by atoms with Gasteiger partial charge in [0.25, 0.3) is 0 Å². The molecule has 0 heterocycles. The summed E-state index contributed by atoms with van der Waals surface area (Å²) in [5.74, 6) is 1.98. The van der Waals surface area contributed by atoms with Gasteiger partial charge in [-0.15, -0.1) is 6.58 Å². The van der Waals surface area contributed by atoms with Gasteiger partial charge in [0.1, 0.15) is 11.6 Å². The first-order valence-electron chi connectivity index (χ1n) is 11.9. The van der Waals surface area contributed by atoms with E-state index in [-0.39, 0.29) is 17.6 Å². The van der Waals surface area contributed by atoms with Crippen molar-refractivity contribution in [3.8, 4) is 11.1 Å². The first-order valence-corrected chi connectivity index (χ1v) is 11.9. The fraction of sp³-hybridized carbons (Fsp3) is 0.448. The number of halogens is 2. The van der Waals surface area contributed by atoms with Crippen LogP contribution in [0.15, 0.2) is 61.2 Å². The summed E-state index contributed by atoms with van der Waals surface area (Å²) < 4.78 is 29.9. The lowest BCUT2D eigenvalue weighted by Crippen LogP contribution is -2.30. The lowest BCUT2D eigenvalue weighted by molar-refractivity contribution is 0.132. The Labute approximate surface area is 186 Å². The van der Waals surface area contributed by atoms with Crippen LogP contribution in [-0.2, 0) is 6.42 Å². The van der Waals surface area contributed by atoms with Crippen molar-refractivity contribution in [2.45, 2.75) is 64.2 Å². The highest BCUT2D eigenvalue weighted by atomic mass is 19.1. The van der Waals surface area contributed by atoms with Crippen molar-refractivity contribution in [2.75, 3.05) is 0 Å². The van der Waals surface area contributed by atoms with E-state index in [1.165, 1.54) is 31.7 Å². The molecule has 2 heteroatoms. The monoisotopic (exact) mass is 420 g/mol.